The van der Waals surface area contributed by atoms with E-state index in [0.29, 0.717) is 31.3 Å². The summed E-state index contributed by atoms with van der Waals surface area (Å²) in [6, 6.07) is 17.7. The van der Waals surface area contributed by atoms with Crippen molar-refractivity contribution in [1.82, 2.24) is 4.90 Å². The van der Waals surface area contributed by atoms with Crippen LogP contribution in [0.2, 0.25) is 15.1 Å². The zero-order chi connectivity index (χ0) is 23.5. The highest BCUT2D eigenvalue weighted by Gasteiger charge is 2.35. The van der Waals surface area contributed by atoms with Gasteiger partial charge in [-0.25, -0.2) is 0 Å². The summed E-state index contributed by atoms with van der Waals surface area (Å²) >= 11 is 22.6. The maximum Gasteiger partial charge on any atom is 0.293 e. The topological polar surface area (TPSA) is 46.6 Å². The second-order valence-electron chi connectivity index (χ2n) is 7.10. The zero-order valence-corrected chi connectivity index (χ0v) is 21.5. The number of halogens is 4. The molecule has 168 valence electrons. The first kappa shape index (κ1) is 24.2. The van der Waals surface area contributed by atoms with E-state index in [0.717, 1.165) is 27.4 Å². The number of amides is 2. The lowest BCUT2D eigenvalue weighted by Gasteiger charge is -2.13. The molecule has 4 rings (SSSR count). The molecule has 0 radical (unpaired) electrons. The summed E-state index contributed by atoms with van der Waals surface area (Å²) in [6.45, 7) is 0.369. The molecule has 0 aliphatic carbocycles. The molecule has 0 spiro atoms. The average molecular weight is 584 g/mol. The summed E-state index contributed by atoms with van der Waals surface area (Å²) in [5, 5.41) is 1.26. The predicted octanol–water partition coefficient (Wildman–Crippen LogP) is 8.22. The predicted molar refractivity (Wildman–Crippen MR) is 138 cm³/mol. The summed E-state index contributed by atoms with van der Waals surface area (Å²) in [4.78, 5) is 27.0. The molecule has 4 nitrogen and oxygen atoms in total. The smallest absolute Gasteiger partial charge is 0.293 e. The minimum absolute atomic E-state index is 0.152. The molecule has 1 fully saturated rings. The number of hydrogen-bond donors (Lipinski definition) is 0. The van der Waals surface area contributed by atoms with Crippen LogP contribution in [0.3, 0.4) is 0 Å². The van der Waals surface area contributed by atoms with Gasteiger partial charge in [0.2, 0.25) is 0 Å². The fraction of sp³-hybridized carbons (Fsp3) is 0.0833. The number of benzene rings is 3. The number of rotatable bonds is 6. The van der Waals surface area contributed by atoms with E-state index >= 15 is 0 Å². The molecule has 0 N–H and O–H groups in total. The number of carbonyl (C=O) groups is 2. The van der Waals surface area contributed by atoms with Crippen molar-refractivity contribution in [2.24, 2.45) is 0 Å². The Labute approximate surface area is 218 Å². The van der Waals surface area contributed by atoms with Gasteiger partial charge in [-0.15, -0.1) is 0 Å². The van der Waals surface area contributed by atoms with Crippen molar-refractivity contribution in [3.05, 3.63) is 102 Å². The Morgan fingerprint density at radius 3 is 2.52 bits per heavy atom. The van der Waals surface area contributed by atoms with Crippen LogP contribution in [-0.2, 0) is 17.9 Å². The first-order chi connectivity index (χ1) is 15.8. The van der Waals surface area contributed by atoms with Crippen LogP contribution in [0, 0.1) is 0 Å². The number of imide groups is 1. The number of thioether (sulfide) groups is 1. The van der Waals surface area contributed by atoms with E-state index in [1.165, 1.54) is 4.90 Å². The minimum atomic E-state index is -0.364. The Morgan fingerprint density at radius 1 is 0.970 bits per heavy atom. The first-order valence-electron chi connectivity index (χ1n) is 9.66. The van der Waals surface area contributed by atoms with Crippen molar-refractivity contribution in [1.29, 1.82) is 0 Å². The number of nitrogens with zero attached hydrogens (tertiary/aromatic N) is 1. The van der Waals surface area contributed by atoms with Gasteiger partial charge in [-0.05, 0) is 65.9 Å². The lowest BCUT2D eigenvalue weighted by molar-refractivity contribution is -0.123. The zero-order valence-electron chi connectivity index (χ0n) is 16.9. The molecule has 2 amide bonds. The summed E-state index contributed by atoms with van der Waals surface area (Å²) in [6.07, 6.45) is 1.66. The van der Waals surface area contributed by atoms with Crippen LogP contribution in [0.4, 0.5) is 4.79 Å². The molecule has 1 saturated heterocycles. The van der Waals surface area contributed by atoms with E-state index < -0.39 is 0 Å². The van der Waals surface area contributed by atoms with Gasteiger partial charge < -0.3 is 4.74 Å². The van der Waals surface area contributed by atoms with Gasteiger partial charge in [-0.2, -0.15) is 0 Å². The SMILES string of the molecule is O=C1S/C(=C\c2cc(Br)ccc2OCc2ccc(Cl)cc2Cl)C(=O)N1Cc1cccc(Cl)c1. The average Bonchev–Trinajstić information content (AvgIpc) is 3.02. The molecule has 0 aromatic heterocycles. The third-order valence-electron chi connectivity index (χ3n) is 4.76. The highest BCUT2D eigenvalue weighted by atomic mass is 79.9. The summed E-state index contributed by atoms with van der Waals surface area (Å²) in [5.41, 5.74) is 2.21. The van der Waals surface area contributed by atoms with Crippen LogP contribution in [-0.4, -0.2) is 16.0 Å². The fourth-order valence-electron chi connectivity index (χ4n) is 3.15. The Morgan fingerprint density at radius 2 is 1.76 bits per heavy atom. The van der Waals surface area contributed by atoms with Crippen molar-refractivity contribution in [3.8, 4) is 5.75 Å². The lowest BCUT2D eigenvalue weighted by Crippen LogP contribution is -2.27. The van der Waals surface area contributed by atoms with E-state index in [9.17, 15) is 9.59 Å². The van der Waals surface area contributed by atoms with Crippen LogP contribution in [0.1, 0.15) is 16.7 Å². The Bertz CT molecular complexity index is 1280. The maximum atomic E-state index is 13.0. The van der Waals surface area contributed by atoms with Crippen LogP contribution in [0.5, 0.6) is 5.75 Å². The van der Waals surface area contributed by atoms with E-state index in [4.69, 9.17) is 39.5 Å². The van der Waals surface area contributed by atoms with E-state index in [1.807, 2.05) is 18.2 Å². The molecule has 0 atom stereocenters. The van der Waals surface area contributed by atoms with Crippen molar-refractivity contribution >= 4 is 79.7 Å². The molecule has 0 bridgehead atoms. The van der Waals surface area contributed by atoms with Gasteiger partial charge in [0.25, 0.3) is 11.1 Å². The molecule has 3 aromatic rings. The van der Waals surface area contributed by atoms with Gasteiger partial charge in [0.1, 0.15) is 12.4 Å². The summed E-state index contributed by atoms with van der Waals surface area (Å²) in [5.74, 6) is 0.183. The van der Waals surface area contributed by atoms with Gasteiger partial charge in [0, 0.05) is 30.7 Å². The first-order valence-corrected chi connectivity index (χ1v) is 12.4. The van der Waals surface area contributed by atoms with Crippen LogP contribution in [0.25, 0.3) is 6.08 Å². The Kier molecular flexibility index (Phi) is 7.72. The second-order valence-corrected chi connectivity index (χ2v) is 10.3. The van der Waals surface area contributed by atoms with Gasteiger partial charge in [0.05, 0.1) is 11.4 Å². The van der Waals surface area contributed by atoms with Crippen LogP contribution < -0.4 is 4.74 Å². The third-order valence-corrected chi connectivity index (χ3v) is 6.98. The lowest BCUT2D eigenvalue weighted by atomic mass is 10.1. The Hall–Kier alpha value is -1.96. The third kappa shape index (κ3) is 5.94. The van der Waals surface area contributed by atoms with Crippen molar-refractivity contribution in [3.63, 3.8) is 0 Å². The summed E-state index contributed by atoms with van der Waals surface area (Å²) < 4.78 is 6.79. The van der Waals surface area contributed by atoms with Crippen molar-refractivity contribution in [2.45, 2.75) is 13.2 Å². The van der Waals surface area contributed by atoms with Crippen LogP contribution in [0.15, 0.2) is 70.0 Å². The Balaban J connectivity index is 1.56. The van der Waals surface area contributed by atoms with Gasteiger partial charge in [-0.3, -0.25) is 14.5 Å². The largest absolute Gasteiger partial charge is 0.488 e. The van der Waals surface area contributed by atoms with Crippen molar-refractivity contribution in [2.75, 3.05) is 0 Å². The van der Waals surface area contributed by atoms with Gasteiger partial charge >= 0.3 is 0 Å². The molecule has 0 saturated carbocycles. The number of hydrogen-bond acceptors (Lipinski definition) is 4. The molecule has 33 heavy (non-hydrogen) atoms. The van der Waals surface area contributed by atoms with Crippen molar-refractivity contribution < 1.29 is 14.3 Å². The highest BCUT2D eigenvalue weighted by Crippen LogP contribution is 2.36. The molecule has 1 heterocycles. The molecule has 1 aliphatic rings. The maximum absolute atomic E-state index is 13.0. The number of carbonyl (C=O) groups excluding carboxylic acids is 2. The van der Waals surface area contributed by atoms with E-state index in [2.05, 4.69) is 15.9 Å². The number of ether oxygens (including phenoxy) is 1. The van der Waals surface area contributed by atoms with E-state index in [1.54, 1.807) is 48.5 Å². The quantitative estimate of drug-likeness (QED) is 0.274. The molecular formula is C24H15BrCl3NO3S. The molecule has 0 unspecified atom stereocenters. The van der Waals surface area contributed by atoms with E-state index in [-0.39, 0.29) is 24.3 Å². The summed E-state index contributed by atoms with van der Waals surface area (Å²) in [7, 11) is 0. The minimum Gasteiger partial charge on any atom is -0.488 e. The molecular weight excluding hydrogens is 569 g/mol. The standard InChI is InChI=1S/C24H15BrCl3NO3S/c25-17-5-7-21(32-13-15-4-6-19(27)11-20(15)28)16(9-17)10-22-23(30)29(24(31)33-22)12-14-2-1-3-18(26)8-14/h1-11H,12-13H2/b22-10-. The normalized spacial score (nSPS) is 14.9. The molecule has 3 aromatic carbocycles. The second kappa shape index (κ2) is 10.5. The molecule has 9 heteroatoms. The monoisotopic (exact) mass is 581 g/mol. The molecule has 1 aliphatic heterocycles. The van der Waals surface area contributed by atoms with Crippen LogP contribution >= 0.6 is 62.5 Å². The highest BCUT2D eigenvalue weighted by molar-refractivity contribution is 9.10. The van der Waals surface area contributed by atoms with Gasteiger partial charge in [0.15, 0.2) is 0 Å². The fourth-order valence-corrected chi connectivity index (χ4v) is 5.04. The van der Waals surface area contributed by atoms with Gasteiger partial charge in [-0.1, -0.05) is 68.9 Å².